The van der Waals surface area contributed by atoms with Gasteiger partial charge < -0.3 is 10.5 Å². The van der Waals surface area contributed by atoms with Gasteiger partial charge in [0, 0.05) is 12.7 Å². The molecule has 2 rings (SSSR count). The molecule has 0 bridgehead atoms. The molecule has 0 saturated heterocycles. The second-order valence-corrected chi connectivity index (χ2v) is 5.22. The van der Waals surface area contributed by atoms with Crippen molar-refractivity contribution in [3.63, 3.8) is 0 Å². The van der Waals surface area contributed by atoms with Gasteiger partial charge in [0.05, 0.1) is 17.5 Å². The minimum Gasteiger partial charge on any atom is -0.491 e. The van der Waals surface area contributed by atoms with Gasteiger partial charge in [-0.05, 0) is 56.5 Å². The first-order valence-corrected chi connectivity index (χ1v) is 7.10. The molecular weight excluding hydrogens is 250 g/mol. The lowest BCUT2D eigenvalue weighted by atomic mass is 10.1. The van der Waals surface area contributed by atoms with E-state index in [-0.39, 0.29) is 6.10 Å². The highest BCUT2D eigenvalue weighted by atomic mass is 16.5. The largest absolute Gasteiger partial charge is 0.491 e. The molecule has 0 radical (unpaired) electrons. The van der Waals surface area contributed by atoms with Crippen LogP contribution in [0, 0.1) is 6.92 Å². The van der Waals surface area contributed by atoms with Crippen LogP contribution in [-0.4, -0.2) is 15.9 Å². The smallest absolute Gasteiger partial charge is 0.120 e. The normalized spacial score (nSPS) is 11.1. The monoisotopic (exact) mass is 273 g/mol. The number of aromatic nitrogens is 2. The van der Waals surface area contributed by atoms with Gasteiger partial charge in [0.2, 0.25) is 0 Å². The molecule has 4 nitrogen and oxygen atoms in total. The number of hydrogen-bond donors (Lipinski definition) is 1. The van der Waals surface area contributed by atoms with Gasteiger partial charge in [-0.1, -0.05) is 6.92 Å². The van der Waals surface area contributed by atoms with Crippen molar-refractivity contribution in [2.45, 2.75) is 46.8 Å². The summed E-state index contributed by atoms with van der Waals surface area (Å²) < 4.78 is 7.62. The minimum absolute atomic E-state index is 0.158. The summed E-state index contributed by atoms with van der Waals surface area (Å²) in [4.78, 5) is 0. The summed E-state index contributed by atoms with van der Waals surface area (Å²) in [6.45, 7) is 8.69. The van der Waals surface area contributed by atoms with E-state index in [9.17, 15) is 0 Å². The Hall–Kier alpha value is -1.81. The van der Waals surface area contributed by atoms with Crippen LogP contribution in [0.2, 0.25) is 0 Å². The fourth-order valence-corrected chi connectivity index (χ4v) is 2.26. The Morgan fingerprint density at radius 2 is 2.10 bits per heavy atom. The fourth-order valence-electron chi connectivity index (χ4n) is 2.26. The van der Waals surface area contributed by atoms with E-state index in [2.05, 4.69) is 25.1 Å². The molecule has 0 atom stereocenters. The average Bonchev–Trinajstić information content (AvgIpc) is 2.79. The molecule has 0 amide bonds. The van der Waals surface area contributed by atoms with Crippen LogP contribution in [0.15, 0.2) is 24.4 Å². The number of hydrogen-bond acceptors (Lipinski definition) is 3. The van der Waals surface area contributed by atoms with Gasteiger partial charge in [-0.2, -0.15) is 5.10 Å². The van der Waals surface area contributed by atoms with Gasteiger partial charge >= 0.3 is 0 Å². The van der Waals surface area contributed by atoms with Gasteiger partial charge in [-0.15, -0.1) is 0 Å². The first-order valence-electron chi connectivity index (χ1n) is 7.10. The highest BCUT2D eigenvalue weighted by Crippen LogP contribution is 2.22. The van der Waals surface area contributed by atoms with Crippen molar-refractivity contribution in [2.75, 3.05) is 0 Å². The van der Waals surface area contributed by atoms with Crippen LogP contribution in [0.5, 0.6) is 5.75 Å². The zero-order valence-electron chi connectivity index (χ0n) is 12.7. The molecule has 0 spiro atoms. The molecule has 2 aromatic rings. The summed E-state index contributed by atoms with van der Waals surface area (Å²) in [7, 11) is 0. The highest BCUT2D eigenvalue weighted by molar-refractivity contribution is 5.46. The number of aryl methyl sites for hydroxylation is 2. The molecule has 0 aliphatic rings. The Balaban J connectivity index is 2.40. The summed E-state index contributed by atoms with van der Waals surface area (Å²) in [5.74, 6) is 0.851. The molecule has 2 N–H and O–H groups in total. The maximum absolute atomic E-state index is 5.87. The van der Waals surface area contributed by atoms with E-state index < -0.39 is 0 Å². The predicted molar refractivity (Wildman–Crippen MR) is 81.3 cm³/mol. The predicted octanol–water partition coefficient (Wildman–Crippen LogP) is 2.99. The van der Waals surface area contributed by atoms with E-state index in [1.807, 2.05) is 36.7 Å². The summed E-state index contributed by atoms with van der Waals surface area (Å²) in [5.41, 5.74) is 10.3. The van der Waals surface area contributed by atoms with Crippen LogP contribution < -0.4 is 10.5 Å². The van der Waals surface area contributed by atoms with Crippen LogP contribution in [-0.2, 0) is 13.0 Å². The SMILES string of the molecule is CCc1nn(-c2ccc(OC(C)C)cc2CN)cc1C. The van der Waals surface area contributed by atoms with Crippen molar-refractivity contribution >= 4 is 0 Å². The number of benzene rings is 1. The summed E-state index contributed by atoms with van der Waals surface area (Å²) >= 11 is 0. The van der Waals surface area contributed by atoms with Gasteiger partial charge in [-0.25, -0.2) is 4.68 Å². The van der Waals surface area contributed by atoms with Crippen LogP contribution in [0.4, 0.5) is 0 Å². The zero-order valence-corrected chi connectivity index (χ0v) is 12.7. The van der Waals surface area contributed by atoms with Crippen molar-refractivity contribution in [1.29, 1.82) is 0 Å². The summed E-state index contributed by atoms with van der Waals surface area (Å²) in [6.07, 6.45) is 3.15. The Kier molecular flexibility index (Phi) is 4.45. The second-order valence-electron chi connectivity index (χ2n) is 5.22. The lowest BCUT2D eigenvalue weighted by Crippen LogP contribution is -2.09. The number of nitrogens with zero attached hydrogens (tertiary/aromatic N) is 2. The molecule has 0 aliphatic heterocycles. The fraction of sp³-hybridized carbons (Fsp3) is 0.438. The molecule has 1 aromatic carbocycles. The standard InChI is InChI=1S/C16H23N3O/c1-5-15-12(4)10-19(18-15)16-7-6-14(20-11(2)3)8-13(16)9-17/h6-8,10-11H,5,9,17H2,1-4H3. The topological polar surface area (TPSA) is 53.1 Å². The van der Waals surface area contributed by atoms with Crippen molar-refractivity contribution in [3.05, 3.63) is 41.2 Å². The van der Waals surface area contributed by atoms with E-state index >= 15 is 0 Å². The van der Waals surface area contributed by atoms with Gasteiger partial charge in [-0.3, -0.25) is 0 Å². The first-order chi connectivity index (χ1) is 9.55. The molecule has 1 heterocycles. The number of nitrogens with two attached hydrogens (primary N) is 1. The maximum atomic E-state index is 5.87. The van der Waals surface area contributed by atoms with E-state index in [1.165, 1.54) is 5.56 Å². The van der Waals surface area contributed by atoms with Gasteiger partial charge in [0.25, 0.3) is 0 Å². The summed E-state index contributed by atoms with van der Waals surface area (Å²) in [5, 5.41) is 4.62. The van der Waals surface area contributed by atoms with Gasteiger partial charge in [0.1, 0.15) is 5.75 Å². The summed E-state index contributed by atoms with van der Waals surface area (Å²) in [6, 6.07) is 5.99. The lowest BCUT2D eigenvalue weighted by molar-refractivity contribution is 0.242. The van der Waals surface area contributed by atoms with Crippen molar-refractivity contribution in [3.8, 4) is 11.4 Å². The van der Waals surface area contributed by atoms with Crippen molar-refractivity contribution < 1.29 is 4.74 Å². The second kappa shape index (κ2) is 6.09. The number of ether oxygens (including phenoxy) is 1. The lowest BCUT2D eigenvalue weighted by Gasteiger charge is -2.13. The maximum Gasteiger partial charge on any atom is 0.120 e. The average molecular weight is 273 g/mol. The molecule has 20 heavy (non-hydrogen) atoms. The van der Waals surface area contributed by atoms with E-state index in [4.69, 9.17) is 10.5 Å². The Morgan fingerprint density at radius 3 is 2.65 bits per heavy atom. The van der Waals surface area contributed by atoms with Crippen molar-refractivity contribution in [2.24, 2.45) is 5.73 Å². The Bertz CT molecular complexity index is 587. The minimum atomic E-state index is 0.158. The molecular formula is C16H23N3O. The molecule has 1 aromatic heterocycles. The number of rotatable bonds is 5. The van der Waals surface area contributed by atoms with E-state index in [0.29, 0.717) is 6.54 Å². The molecule has 0 unspecified atom stereocenters. The quantitative estimate of drug-likeness (QED) is 0.911. The highest BCUT2D eigenvalue weighted by Gasteiger charge is 2.10. The van der Waals surface area contributed by atoms with E-state index in [1.54, 1.807) is 0 Å². The van der Waals surface area contributed by atoms with Crippen LogP contribution >= 0.6 is 0 Å². The first kappa shape index (κ1) is 14.6. The Morgan fingerprint density at radius 1 is 1.35 bits per heavy atom. The van der Waals surface area contributed by atoms with Crippen molar-refractivity contribution in [1.82, 2.24) is 9.78 Å². The molecule has 108 valence electrons. The molecule has 0 fully saturated rings. The zero-order chi connectivity index (χ0) is 14.7. The van der Waals surface area contributed by atoms with E-state index in [0.717, 1.165) is 29.1 Å². The molecule has 4 heteroatoms. The van der Waals surface area contributed by atoms with Gasteiger partial charge in [0.15, 0.2) is 0 Å². The third kappa shape index (κ3) is 3.02. The van der Waals surface area contributed by atoms with Crippen LogP contribution in [0.25, 0.3) is 5.69 Å². The third-order valence-electron chi connectivity index (χ3n) is 3.22. The third-order valence-corrected chi connectivity index (χ3v) is 3.22. The van der Waals surface area contributed by atoms with Crippen LogP contribution in [0.3, 0.4) is 0 Å². The Labute approximate surface area is 120 Å². The molecule has 0 aliphatic carbocycles. The van der Waals surface area contributed by atoms with Crippen LogP contribution in [0.1, 0.15) is 37.6 Å². The molecule has 0 saturated carbocycles.